The second-order valence-electron chi connectivity index (χ2n) is 4.92. The molecule has 2 aromatic carbocycles. The van der Waals surface area contributed by atoms with Gasteiger partial charge in [0, 0.05) is 12.3 Å². The minimum absolute atomic E-state index is 0.805. The second-order valence-corrected chi connectivity index (χ2v) is 4.92. The number of nitrogens with zero attached hydrogens (tertiary/aromatic N) is 3. The molecule has 4 nitrogen and oxygen atoms in total. The molecule has 0 fully saturated rings. The lowest BCUT2D eigenvalue weighted by atomic mass is 10.2. The molecule has 0 amide bonds. The fourth-order valence-corrected chi connectivity index (χ4v) is 2.17. The maximum Gasteiger partial charge on any atom is 0.155 e. The molecular weight excluding hydrogens is 274 g/mol. The van der Waals surface area contributed by atoms with E-state index in [1.807, 2.05) is 78.5 Å². The fraction of sp³-hybridized carbons (Fsp3) is 0.111. The SMILES string of the molecule is COc1ccc(/C=N/c2cc(C)nn2-c2ccccc2)cc1. The highest BCUT2D eigenvalue weighted by Crippen LogP contribution is 2.20. The number of aryl methyl sites for hydroxylation is 1. The molecule has 110 valence electrons. The lowest BCUT2D eigenvalue weighted by Gasteiger charge is -2.03. The Morgan fingerprint density at radius 3 is 2.45 bits per heavy atom. The van der Waals surface area contributed by atoms with E-state index in [0.717, 1.165) is 28.5 Å². The van der Waals surface area contributed by atoms with Gasteiger partial charge in [-0.1, -0.05) is 18.2 Å². The third-order valence-electron chi connectivity index (χ3n) is 3.28. The zero-order valence-corrected chi connectivity index (χ0v) is 12.6. The maximum atomic E-state index is 5.15. The Hall–Kier alpha value is -2.88. The van der Waals surface area contributed by atoms with Gasteiger partial charge in [0.05, 0.1) is 18.5 Å². The van der Waals surface area contributed by atoms with Gasteiger partial charge < -0.3 is 4.74 Å². The topological polar surface area (TPSA) is 39.4 Å². The quantitative estimate of drug-likeness (QED) is 0.683. The molecule has 22 heavy (non-hydrogen) atoms. The summed E-state index contributed by atoms with van der Waals surface area (Å²) < 4.78 is 7.00. The number of methoxy groups -OCH3 is 1. The highest BCUT2D eigenvalue weighted by atomic mass is 16.5. The summed E-state index contributed by atoms with van der Waals surface area (Å²) in [4.78, 5) is 4.56. The number of para-hydroxylation sites is 1. The van der Waals surface area contributed by atoms with E-state index in [9.17, 15) is 0 Å². The van der Waals surface area contributed by atoms with Crippen LogP contribution in [0.25, 0.3) is 5.69 Å². The van der Waals surface area contributed by atoms with Crippen molar-refractivity contribution in [2.75, 3.05) is 7.11 Å². The van der Waals surface area contributed by atoms with Crippen LogP contribution in [0.5, 0.6) is 5.75 Å². The van der Waals surface area contributed by atoms with E-state index in [-0.39, 0.29) is 0 Å². The van der Waals surface area contributed by atoms with Crippen LogP contribution < -0.4 is 4.74 Å². The molecule has 0 saturated carbocycles. The number of benzene rings is 2. The van der Waals surface area contributed by atoms with Gasteiger partial charge in [-0.05, 0) is 48.9 Å². The average molecular weight is 291 g/mol. The number of hydrogen-bond donors (Lipinski definition) is 0. The summed E-state index contributed by atoms with van der Waals surface area (Å²) in [5, 5.41) is 4.50. The Balaban J connectivity index is 1.90. The van der Waals surface area contributed by atoms with E-state index in [1.165, 1.54) is 0 Å². The summed E-state index contributed by atoms with van der Waals surface area (Å²) in [6.07, 6.45) is 1.83. The van der Waals surface area contributed by atoms with Crippen LogP contribution in [0.15, 0.2) is 65.7 Å². The summed E-state index contributed by atoms with van der Waals surface area (Å²) in [5.41, 5.74) is 2.95. The van der Waals surface area contributed by atoms with Crippen molar-refractivity contribution < 1.29 is 4.74 Å². The Bertz CT molecular complexity index is 774. The van der Waals surface area contributed by atoms with Gasteiger partial charge in [-0.2, -0.15) is 5.10 Å². The Morgan fingerprint density at radius 2 is 1.77 bits per heavy atom. The van der Waals surface area contributed by atoms with Crippen molar-refractivity contribution in [2.45, 2.75) is 6.92 Å². The number of hydrogen-bond acceptors (Lipinski definition) is 3. The summed E-state index contributed by atoms with van der Waals surface area (Å²) >= 11 is 0. The summed E-state index contributed by atoms with van der Waals surface area (Å²) in [5.74, 6) is 1.64. The largest absolute Gasteiger partial charge is 0.497 e. The first-order valence-electron chi connectivity index (χ1n) is 7.06. The molecular formula is C18H17N3O. The van der Waals surface area contributed by atoms with Gasteiger partial charge >= 0.3 is 0 Å². The molecule has 0 bridgehead atoms. The highest BCUT2D eigenvalue weighted by Gasteiger charge is 2.05. The van der Waals surface area contributed by atoms with Crippen LogP contribution in [0.2, 0.25) is 0 Å². The van der Waals surface area contributed by atoms with E-state index in [1.54, 1.807) is 7.11 Å². The molecule has 0 saturated heterocycles. The van der Waals surface area contributed by atoms with Crippen LogP contribution in [-0.2, 0) is 0 Å². The number of aromatic nitrogens is 2. The number of aliphatic imine (C=N–C) groups is 1. The monoisotopic (exact) mass is 291 g/mol. The molecule has 0 spiro atoms. The molecule has 4 heteroatoms. The third-order valence-corrected chi connectivity index (χ3v) is 3.28. The van der Waals surface area contributed by atoms with Crippen LogP contribution in [-0.4, -0.2) is 23.1 Å². The molecule has 0 aliphatic carbocycles. The van der Waals surface area contributed by atoms with E-state index in [0.29, 0.717) is 0 Å². The standard InChI is InChI=1S/C18H17N3O/c1-14-12-18(21(20-14)16-6-4-3-5-7-16)19-13-15-8-10-17(22-2)11-9-15/h3-13H,1-2H3/b19-13+. The Labute approximate surface area is 129 Å². The van der Waals surface area contributed by atoms with E-state index in [2.05, 4.69) is 10.1 Å². The molecule has 0 unspecified atom stereocenters. The van der Waals surface area contributed by atoms with Crippen molar-refractivity contribution >= 4 is 12.0 Å². The summed E-state index contributed by atoms with van der Waals surface area (Å²) in [7, 11) is 1.66. The normalized spacial score (nSPS) is 11.0. The van der Waals surface area contributed by atoms with Gasteiger partial charge in [-0.3, -0.25) is 0 Å². The van der Waals surface area contributed by atoms with E-state index >= 15 is 0 Å². The van der Waals surface area contributed by atoms with Crippen molar-refractivity contribution in [3.63, 3.8) is 0 Å². The second kappa shape index (κ2) is 6.26. The van der Waals surface area contributed by atoms with E-state index < -0.39 is 0 Å². The smallest absolute Gasteiger partial charge is 0.155 e. The summed E-state index contributed by atoms with van der Waals surface area (Å²) in [6.45, 7) is 1.96. The molecule has 0 aliphatic heterocycles. The van der Waals surface area contributed by atoms with Gasteiger partial charge in [0.1, 0.15) is 5.75 Å². The van der Waals surface area contributed by atoms with Gasteiger partial charge in [0.15, 0.2) is 5.82 Å². The molecule has 1 aromatic heterocycles. The van der Waals surface area contributed by atoms with Gasteiger partial charge in [-0.15, -0.1) is 0 Å². The van der Waals surface area contributed by atoms with Crippen molar-refractivity contribution in [3.8, 4) is 11.4 Å². The Morgan fingerprint density at radius 1 is 1.05 bits per heavy atom. The molecule has 0 atom stereocenters. The van der Waals surface area contributed by atoms with Crippen molar-refractivity contribution in [3.05, 3.63) is 71.9 Å². The van der Waals surface area contributed by atoms with Crippen molar-refractivity contribution in [1.82, 2.24) is 9.78 Å². The van der Waals surface area contributed by atoms with Gasteiger partial charge in [0.2, 0.25) is 0 Å². The van der Waals surface area contributed by atoms with E-state index in [4.69, 9.17) is 4.74 Å². The molecule has 0 radical (unpaired) electrons. The average Bonchev–Trinajstić information content (AvgIpc) is 2.95. The lowest BCUT2D eigenvalue weighted by molar-refractivity contribution is 0.415. The minimum atomic E-state index is 0.805. The summed E-state index contributed by atoms with van der Waals surface area (Å²) in [6, 6.07) is 19.7. The predicted molar refractivity (Wildman–Crippen MR) is 88.5 cm³/mol. The number of ether oxygens (including phenoxy) is 1. The maximum absolute atomic E-state index is 5.15. The van der Waals surface area contributed by atoms with Crippen LogP contribution in [0.3, 0.4) is 0 Å². The first kappa shape index (κ1) is 14.1. The van der Waals surface area contributed by atoms with Gasteiger partial charge in [-0.25, -0.2) is 9.67 Å². The first-order valence-corrected chi connectivity index (χ1v) is 7.06. The highest BCUT2D eigenvalue weighted by molar-refractivity contribution is 5.81. The minimum Gasteiger partial charge on any atom is -0.497 e. The first-order chi connectivity index (χ1) is 10.8. The zero-order valence-electron chi connectivity index (χ0n) is 12.6. The third kappa shape index (κ3) is 3.06. The molecule has 0 N–H and O–H groups in total. The zero-order chi connectivity index (χ0) is 15.4. The van der Waals surface area contributed by atoms with Crippen LogP contribution in [0, 0.1) is 6.92 Å². The van der Waals surface area contributed by atoms with Gasteiger partial charge in [0.25, 0.3) is 0 Å². The van der Waals surface area contributed by atoms with Crippen LogP contribution in [0.1, 0.15) is 11.3 Å². The van der Waals surface area contributed by atoms with Crippen molar-refractivity contribution in [1.29, 1.82) is 0 Å². The molecule has 1 heterocycles. The predicted octanol–water partition coefficient (Wildman–Crippen LogP) is 3.94. The molecule has 3 aromatic rings. The molecule has 0 aliphatic rings. The fourth-order valence-electron chi connectivity index (χ4n) is 2.17. The lowest BCUT2D eigenvalue weighted by Crippen LogP contribution is -1.95. The number of rotatable bonds is 4. The Kier molecular flexibility index (Phi) is 4.01. The van der Waals surface area contributed by atoms with Crippen molar-refractivity contribution in [2.24, 2.45) is 4.99 Å². The van der Waals surface area contributed by atoms with Crippen LogP contribution >= 0.6 is 0 Å². The molecule has 3 rings (SSSR count). The van der Waals surface area contributed by atoms with Crippen LogP contribution in [0.4, 0.5) is 5.82 Å².